The maximum Gasteiger partial charge on any atom is 0.569 e. The second kappa shape index (κ2) is 18.5. The molecule has 1 N–H and O–H groups in total. The van der Waals surface area contributed by atoms with Gasteiger partial charge in [-0.3, -0.25) is 0 Å². The first-order valence-corrected chi connectivity index (χ1v) is 19.4. The second-order valence-electron chi connectivity index (χ2n) is 13.4. The van der Waals surface area contributed by atoms with Gasteiger partial charge in [0.2, 0.25) is 0 Å². The lowest BCUT2D eigenvalue weighted by molar-refractivity contribution is 0.454. The largest absolute Gasteiger partial charge is 0.569 e. The predicted molar refractivity (Wildman–Crippen MR) is 248 cm³/mol. The van der Waals surface area contributed by atoms with E-state index < -0.39 is 0 Å². The fourth-order valence-electron chi connectivity index (χ4n) is 7.16. The number of rotatable bonds is 5. The molecule has 0 aliphatic heterocycles. The zero-order chi connectivity index (χ0) is 38.1. The quantitative estimate of drug-likeness (QED) is 0.107. The van der Waals surface area contributed by atoms with Crippen molar-refractivity contribution in [1.29, 1.82) is 0 Å². The topological polar surface area (TPSA) is 29.5 Å². The second-order valence-corrected chi connectivity index (χ2v) is 14.2. The molecule has 57 heavy (non-hydrogen) atoms. The van der Waals surface area contributed by atoms with Crippen LogP contribution in [0.4, 0.5) is 0 Å². The summed E-state index contributed by atoms with van der Waals surface area (Å²) in [6, 6.07) is 75.8. The van der Waals surface area contributed by atoms with E-state index in [1.54, 1.807) is 0 Å². The van der Waals surface area contributed by atoms with Gasteiger partial charge in [-0.25, -0.2) is 0 Å². The average molecular weight is 800 g/mol. The highest BCUT2D eigenvalue weighted by Gasteiger charge is 2.10. The smallest absolute Gasteiger partial charge is 0.537 e. The van der Waals surface area contributed by atoms with Crippen LogP contribution >= 0.6 is 15.9 Å². The van der Waals surface area contributed by atoms with Crippen LogP contribution in [0, 0.1) is 7.43 Å². The molecule has 0 heterocycles. The molecule has 10 aromatic rings. The summed E-state index contributed by atoms with van der Waals surface area (Å²) in [7, 11) is 0.678. The van der Waals surface area contributed by atoms with Crippen LogP contribution in [0.2, 0.25) is 0 Å². The van der Waals surface area contributed by atoms with Gasteiger partial charge in [-0.1, -0.05) is 194 Å². The highest BCUT2D eigenvalue weighted by molar-refractivity contribution is 9.10. The van der Waals surface area contributed by atoms with Crippen LogP contribution in [0.15, 0.2) is 223 Å². The predicted octanol–water partition coefficient (Wildman–Crippen LogP) is 14.8. The Morgan fingerprint density at radius 3 is 1.09 bits per heavy atom. The SMILES string of the molecule is Brc1c2ccccc2cc2ccccc12.O[B]Oc1ccc(-c2ccccc2)cc1.[CH3-].c1ccc(-c2ccc(-c3c4ccccc4cc4ccccc34)cc2)cc1. The van der Waals surface area contributed by atoms with Crippen LogP contribution in [-0.2, 0) is 0 Å². The summed E-state index contributed by atoms with van der Waals surface area (Å²) in [4.78, 5) is 0. The van der Waals surface area contributed by atoms with Gasteiger partial charge in [0, 0.05) is 4.47 Å². The standard InChI is InChI=1S/C26H18.C14H9Br.C12H10BO2.CH3/c1-2-8-19(9-3-1)20-14-16-21(17-15-20)26-24-12-6-4-10-22(24)18-23-11-5-7-13-25(23)26;15-14-12-7-3-1-5-10(12)9-11-6-2-4-8-13(11)14;14-13-15-12-8-6-11(7-9-12)10-4-2-1-3-5-10;/h1-18H;1-9H;1-9,14H;1H3/q;;;-1. The molecule has 10 rings (SSSR count). The van der Waals surface area contributed by atoms with Crippen molar-refractivity contribution in [1.82, 2.24) is 0 Å². The van der Waals surface area contributed by atoms with Gasteiger partial charge in [-0.2, -0.15) is 0 Å². The van der Waals surface area contributed by atoms with Gasteiger partial charge in [-0.15, -0.1) is 0 Å². The van der Waals surface area contributed by atoms with Crippen LogP contribution in [0.25, 0.3) is 76.5 Å². The van der Waals surface area contributed by atoms with Gasteiger partial charge < -0.3 is 17.1 Å². The Labute approximate surface area is 344 Å². The van der Waals surface area contributed by atoms with Gasteiger partial charge >= 0.3 is 7.69 Å². The van der Waals surface area contributed by atoms with E-state index in [4.69, 9.17) is 9.68 Å². The highest BCUT2D eigenvalue weighted by Crippen LogP contribution is 2.37. The van der Waals surface area contributed by atoms with Crippen molar-refractivity contribution in [3.8, 4) is 39.1 Å². The van der Waals surface area contributed by atoms with Crippen molar-refractivity contribution in [3.63, 3.8) is 0 Å². The van der Waals surface area contributed by atoms with Gasteiger partial charge in [-0.05, 0) is 117 Å². The fourth-order valence-corrected chi connectivity index (χ4v) is 7.88. The molecule has 0 amide bonds. The Kier molecular flexibility index (Phi) is 12.6. The molecule has 0 atom stereocenters. The molecule has 10 aromatic carbocycles. The van der Waals surface area contributed by atoms with Crippen LogP contribution in [-0.4, -0.2) is 12.7 Å². The maximum atomic E-state index is 8.46. The normalized spacial score (nSPS) is 10.5. The summed E-state index contributed by atoms with van der Waals surface area (Å²) in [6.45, 7) is 0. The molecule has 0 aliphatic carbocycles. The number of hydrogen-bond donors (Lipinski definition) is 1. The Bertz CT molecular complexity index is 2750. The van der Waals surface area contributed by atoms with Gasteiger partial charge in [0.15, 0.2) is 0 Å². The number of benzene rings is 10. The number of hydrogen-bond acceptors (Lipinski definition) is 2. The molecule has 275 valence electrons. The van der Waals surface area contributed by atoms with Gasteiger partial charge in [0.05, 0.1) is 0 Å². The Morgan fingerprint density at radius 1 is 0.351 bits per heavy atom. The minimum atomic E-state index is 0. The Hall–Kier alpha value is -6.46. The minimum Gasteiger partial charge on any atom is -0.537 e. The van der Waals surface area contributed by atoms with E-state index in [0.717, 1.165) is 11.1 Å². The van der Waals surface area contributed by atoms with Crippen molar-refractivity contribution in [2.24, 2.45) is 0 Å². The third-order valence-corrected chi connectivity index (χ3v) is 10.8. The van der Waals surface area contributed by atoms with Crippen molar-refractivity contribution in [2.75, 3.05) is 0 Å². The van der Waals surface area contributed by atoms with Crippen molar-refractivity contribution in [2.45, 2.75) is 0 Å². The molecule has 0 aromatic heterocycles. The Morgan fingerprint density at radius 2 is 0.667 bits per heavy atom. The van der Waals surface area contributed by atoms with Crippen LogP contribution in [0.5, 0.6) is 5.75 Å². The summed E-state index contributed by atoms with van der Waals surface area (Å²) in [5.41, 5.74) is 7.37. The average Bonchev–Trinajstić information content (AvgIpc) is 3.27. The van der Waals surface area contributed by atoms with Crippen molar-refractivity contribution >= 4 is 66.7 Å². The third kappa shape index (κ3) is 8.84. The summed E-state index contributed by atoms with van der Waals surface area (Å²) in [5, 5.41) is 18.7. The first-order chi connectivity index (χ1) is 27.7. The molecule has 4 heteroatoms. The first-order valence-electron chi connectivity index (χ1n) is 18.6. The molecule has 0 saturated heterocycles. The molecule has 0 bridgehead atoms. The molecule has 0 spiro atoms. The molecule has 0 aliphatic rings. The van der Waals surface area contributed by atoms with E-state index in [1.807, 2.05) is 54.6 Å². The highest BCUT2D eigenvalue weighted by atomic mass is 79.9. The fraction of sp³-hybridized carbons (Fsp3) is 0. The van der Waals surface area contributed by atoms with E-state index in [0.29, 0.717) is 13.4 Å². The lowest BCUT2D eigenvalue weighted by atomic mass is 9.91. The lowest BCUT2D eigenvalue weighted by Crippen LogP contribution is -1.99. The van der Waals surface area contributed by atoms with Crippen LogP contribution in [0.1, 0.15) is 0 Å². The maximum absolute atomic E-state index is 8.46. The van der Waals surface area contributed by atoms with E-state index in [2.05, 4.69) is 180 Å². The van der Waals surface area contributed by atoms with E-state index in [-0.39, 0.29) is 7.43 Å². The first kappa shape index (κ1) is 38.8. The zero-order valence-electron chi connectivity index (χ0n) is 31.6. The van der Waals surface area contributed by atoms with Crippen molar-refractivity contribution < 1.29 is 9.68 Å². The van der Waals surface area contributed by atoms with Crippen molar-refractivity contribution in [3.05, 3.63) is 230 Å². The molecule has 1 radical (unpaired) electrons. The molecular formula is C53H40BBrO2-. The molecule has 0 saturated carbocycles. The molecular weight excluding hydrogens is 759 g/mol. The van der Waals surface area contributed by atoms with Crippen LogP contribution < -0.4 is 4.65 Å². The van der Waals surface area contributed by atoms with Crippen LogP contribution in [0.3, 0.4) is 0 Å². The number of fused-ring (bicyclic) bond motifs is 4. The Balaban J connectivity index is 0.000000138. The van der Waals surface area contributed by atoms with E-state index >= 15 is 0 Å². The number of halogens is 1. The summed E-state index contributed by atoms with van der Waals surface area (Å²) >= 11 is 3.68. The monoisotopic (exact) mass is 798 g/mol. The zero-order valence-corrected chi connectivity index (χ0v) is 33.2. The summed E-state index contributed by atoms with van der Waals surface area (Å²) in [6.07, 6.45) is 0. The summed E-state index contributed by atoms with van der Waals surface area (Å²) in [5.74, 6) is 0.622. The minimum absolute atomic E-state index is 0. The molecule has 0 fully saturated rings. The van der Waals surface area contributed by atoms with E-state index in [1.165, 1.54) is 69.8 Å². The third-order valence-electron chi connectivity index (χ3n) is 9.91. The van der Waals surface area contributed by atoms with Gasteiger partial charge in [0.1, 0.15) is 5.75 Å². The lowest BCUT2D eigenvalue weighted by Gasteiger charge is -2.12. The molecule has 0 unspecified atom stereocenters. The van der Waals surface area contributed by atoms with Gasteiger partial charge in [0.25, 0.3) is 0 Å². The summed E-state index contributed by atoms with van der Waals surface area (Å²) < 4.78 is 6.02. The molecule has 2 nitrogen and oxygen atoms in total. The van der Waals surface area contributed by atoms with E-state index in [9.17, 15) is 0 Å².